The van der Waals surface area contributed by atoms with Crippen molar-refractivity contribution in [2.24, 2.45) is 33.0 Å². The molecule has 0 rings (SSSR count). The zero-order valence-corrected chi connectivity index (χ0v) is 27.8. The molecular weight excluding hydrogens is 468 g/mol. The molecule has 0 aromatic carbocycles. The molecule has 1 unspecified atom stereocenters. The van der Waals surface area contributed by atoms with E-state index in [0.29, 0.717) is 19.3 Å². The number of Topliss-reactive ketones (excluding diaryl/α,β-unsaturated/α-hetero) is 2. The van der Waals surface area contributed by atoms with Crippen LogP contribution in [0, 0.1) is 33.0 Å². The van der Waals surface area contributed by atoms with Crippen LogP contribution in [0.2, 0.25) is 0 Å². The lowest BCUT2D eigenvalue weighted by Crippen LogP contribution is -2.48. The summed E-state index contributed by atoms with van der Waals surface area (Å²) in [5, 5.41) is 0. The Bertz CT molecular complexity index is 667. The van der Waals surface area contributed by atoms with Gasteiger partial charge in [0.1, 0.15) is 11.7 Å². The number of carbonyl (C=O) groups excluding carboxylic acids is 3. The Morgan fingerprint density at radius 1 is 0.526 bits per heavy atom. The molecule has 0 aliphatic carbocycles. The lowest BCUT2D eigenvalue weighted by Gasteiger charge is -2.38. The predicted octanol–water partition coefficient (Wildman–Crippen LogP) is 10.6. The largest absolute Gasteiger partial charge is 0.302 e. The van der Waals surface area contributed by atoms with Crippen LogP contribution in [0.1, 0.15) is 173 Å². The minimum Gasteiger partial charge on any atom is -0.302 e. The molecule has 0 saturated carbocycles. The number of unbranched alkanes of at least 4 members (excludes halogenated alkanes) is 4. The molecule has 0 aromatic heterocycles. The van der Waals surface area contributed by atoms with E-state index in [9.17, 15) is 14.4 Å². The molecule has 0 radical (unpaired) electrons. The van der Waals surface area contributed by atoms with Gasteiger partial charge in [-0.2, -0.15) is 0 Å². The second-order valence-electron chi connectivity index (χ2n) is 17.0. The molecule has 0 aliphatic heterocycles. The van der Waals surface area contributed by atoms with Gasteiger partial charge in [0.15, 0.2) is 11.6 Å². The van der Waals surface area contributed by atoms with Crippen LogP contribution in [0.4, 0.5) is 0 Å². The van der Waals surface area contributed by atoms with Crippen molar-refractivity contribution in [2.45, 2.75) is 173 Å². The van der Waals surface area contributed by atoms with Gasteiger partial charge in [0.05, 0.1) is 0 Å². The lowest BCUT2D eigenvalue weighted by atomic mass is 9.62. The number of hydrogen-bond donors (Lipinski definition) is 0. The van der Waals surface area contributed by atoms with Crippen molar-refractivity contribution in [3.8, 4) is 0 Å². The van der Waals surface area contributed by atoms with E-state index in [1.807, 2.05) is 0 Å². The summed E-state index contributed by atoms with van der Waals surface area (Å²) >= 11 is 0. The average Bonchev–Trinajstić information content (AvgIpc) is 2.70. The summed E-state index contributed by atoms with van der Waals surface area (Å²) in [5.74, 6) is -0.465. The molecule has 0 amide bonds. The fourth-order valence-corrected chi connectivity index (χ4v) is 5.60. The Kier molecular flexibility index (Phi) is 15.3. The van der Waals surface area contributed by atoms with E-state index in [2.05, 4.69) is 83.1 Å². The Morgan fingerprint density at radius 2 is 0.895 bits per heavy atom. The summed E-state index contributed by atoms with van der Waals surface area (Å²) < 4.78 is 0. The van der Waals surface area contributed by atoms with Crippen molar-refractivity contribution in [1.29, 1.82) is 0 Å². The van der Waals surface area contributed by atoms with Crippen LogP contribution in [0.3, 0.4) is 0 Å². The molecule has 0 bridgehead atoms. The standard InChI is InChI=1S/C35H66O3/c1-31(2,3)23-17-13-15-21-29(37)35(27-36,30(38)22-16-14-18-24-32(4,5)6)28(26-34(10,11)12)20-19-25-33(7,8)9/h27-28H,13-26H2,1-12H3. The number of ketones is 2. The van der Waals surface area contributed by atoms with Crippen molar-refractivity contribution >= 4 is 17.9 Å². The second kappa shape index (κ2) is 15.7. The first-order valence-electron chi connectivity index (χ1n) is 15.7. The van der Waals surface area contributed by atoms with E-state index >= 15 is 0 Å². The van der Waals surface area contributed by atoms with Crippen LogP contribution in [0.25, 0.3) is 0 Å². The molecule has 0 fully saturated rings. The smallest absolute Gasteiger partial charge is 0.153 e. The van der Waals surface area contributed by atoms with Gasteiger partial charge in [-0.15, -0.1) is 0 Å². The van der Waals surface area contributed by atoms with Crippen LogP contribution in [0.15, 0.2) is 0 Å². The highest BCUT2D eigenvalue weighted by Gasteiger charge is 2.51. The van der Waals surface area contributed by atoms with Crippen LogP contribution in [-0.2, 0) is 14.4 Å². The summed E-state index contributed by atoms with van der Waals surface area (Å²) in [6.45, 7) is 26.6. The molecule has 0 heterocycles. The Morgan fingerprint density at radius 3 is 1.21 bits per heavy atom. The third kappa shape index (κ3) is 16.2. The molecule has 224 valence electrons. The van der Waals surface area contributed by atoms with Gasteiger partial charge >= 0.3 is 0 Å². The minimum absolute atomic E-state index is 0.0688. The molecule has 1 atom stereocenters. The normalized spacial score (nSPS) is 14.4. The Balaban J connectivity index is 5.86. The number of carbonyl (C=O) groups is 3. The maximum atomic E-state index is 14.0. The van der Waals surface area contributed by atoms with Gasteiger partial charge in [-0.3, -0.25) is 9.59 Å². The second-order valence-corrected chi connectivity index (χ2v) is 17.0. The number of rotatable bonds is 18. The van der Waals surface area contributed by atoms with E-state index in [-0.39, 0.29) is 39.1 Å². The quantitative estimate of drug-likeness (QED) is 0.0998. The first kappa shape index (κ1) is 37.0. The summed E-state index contributed by atoms with van der Waals surface area (Å²) in [6, 6.07) is 0. The molecule has 0 aliphatic rings. The van der Waals surface area contributed by atoms with E-state index in [4.69, 9.17) is 0 Å². The van der Waals surface area contributed by atoms with Crippen LogP contribution >= 0.6 is 0 Å². The van der Waals surface area contributed by atoms with Gasteiger partial charge in [0, 0.05) is 12.8 Å². The zero-order valence-electron chi connectivity index (χ0n) is 27.8. The summed E-state index contributed by atoms with van der Waals surface area (Å²) in [4.78, 5) is 40.9. The topological polar surface area (TPSA) is 51.2 Å². The highest BCUT2D eigenvalue weighted by Crippen LogP contribution is 2.43. The molecule has 38 heavy (non-hydrogen) atoms. The molecule has 0 spiro atoms. The molecule has 0 aromatic rings. The Hall–Kier alpha value is -0.990. The molecular formula is C35H66O3. The van der Waals surface area contributed by atoms with Crippen LogP contribution in [0.5, 0.6) is 0 Å². The van der Waals surface area contributed by atoms with Gasteiger partial charge in [-0.05, 0) is 72.5 Å². The summed E-state index contributed by atoms with van der Waals surface area (Å²) in [5.41, 5.74) is -0.807. The summed E-state index contributed by atoms with van der Waals surface area (Å²) in [6.07, 6.45) is 12.7. The Labute approximate surface area is 238 Å². The fraction of sp³-hybridized carbons (Fsp3) is 0.914. The number of aldehydes is 1. The van der Waals surface area contributed by atoms with Gasteiger partial charge in [-0.1, -0.05) is 115 Å². The van der Waals surface area contributed by atoms with Crippen LogP contribution < -0.4 is 0 Å². The molecule has 3 nitrogen and oxygen atoms in total. The van der Waals surface area contributed by atoms with E-state index in [1.165, 1.54) is 0 Å². The monoisotopic (exact) mass is 535 g/mol. The third-order valence-corrected chi connectivity index (χ3v) is 7.75. The fourth-order valence-electron chi connectivity index (χ4n) is 5.60. The maximum Gasteiger partial charge on any atom is 0.153 e. The van der Waals surface area contributed by atoms with Crippen LogP contribution in [-0.4, -0.2) is 17.9 Å². The lowest BCUT2D eigenvalue weighted by molar-refractivity contribution is -0.149. The predicted molar refractivity (Wildman–Crippen MR) is 164 cm³/mol. The molecule has 3 heteroatoms. The molecule has 0 saturated heterocycles. The van der Waals surface area contributed by atoms with Gasteiger partial charge in [0.25, 0.3) is 0 Å². The zero-order chi connectivity index (χ0) is 29.8. The minimum atomic E-state index is -1.49. The number of hydrogen-bond acceptors (Lipinski definition) is 3. The first-order chi connectivity index (χ1) is 17.1. The van der Waals surface area contributed by atoms with Gasteiger partial charge in [-0.25, -0.2) is 0 Å². The van der Waals surface area contributed by atoms with E-state index in [1.54, 1.807) is 0 Å². The van der Waals surface area contributed by atoms with Crippen molar-refractivity contribution in [1.82, 2.24) is 0 Å². The van der Waals surface area contributed by atoms with Crippen molar-refractivity contribution in [3.63, 3.8) is 0 Å². The maximum absolute atomic E-state index is 14.0. The highest BCUT2D eigenvalue weighted by atomic mass is 16.2. The molecule has 0 N–H and O–H groups in total. The average molecular weight is 535 g/mol. The highest BCUT2D eigenvalue weighted by molar-refractivity contribution is 6.18. The van der Waals surface area contributed by atoms with Crippen molar-refractivity contribution < 1.29 is 14.4 Å². The van der Waals surface area contributed by atoms with Crippen molar-refractivity contribution in [3.05, 3.63) is 0 Å². The van der Waals surface area contributed by atoms with E-state index in [0.717, 1.165) is 76.9 Å². The summed E-state index contributed by atoms with van der Waals surface area (Å²) in [7, 11) is 0. The van der Waals surface area contributed by atoms with E-state index < -0.39 is 5.41 Å². The SMILES string of the molecule is CC(C)(C)CCCCCC(=O)C(C=O)(C(=O)CCCCCC(C)(C)C)C(CCCC(C)(C)C)CC(C)(C)C. The van der Waals surface area contributed by atoms with Crippen molar-refractivity contribution in [2.75, 3.05) is 0 Å². The third-order valence-electron chi connectivity index (χ3n) is 7.75. The van der Waals surface area contributed by atoms with Gasteiger partial charge in [0.2, 0.25) is 0 Å². The van der Waals surface area contributed by atoms with Gasteiger partial charge < -0.3 is 4.79 Å². The first-order valence-corrected chi connectivity index (χ1v) is 15.7.